The number of Topliss-reactive ketones (excluding diaryl/α,β-unsaturated/α-hetero) is 1. The second-order valence-corrected chi connectivity index (χ2v) is 2.25. The van der Waals surface area contributed by atoms with Crippen LogP contribution in [0.15, 0.2) is 16.5 Å². The quantitative estimate of drug-likeness (QED) is 0.695. The molecule has 4 heteroatoms. The first kappa shape index (κ1) is 8.52. The maximum atomic E-state index is 11.0. The van der Waals surface area contributed by atoms with Crippen molar-refractivity contribution in [3.8, 4) is 0 Å². The summed E-state index contributed by atoms with van der Waals surface area (Å²) in [5.41, 5.74) is 0. The van der Waals surface area contributed by atoms with Crippen LogP contribution in [0.5, 0.6) is 0 Å². The van der Waals surface area contributed by atoms with Crippen LogP contribution in [-0.2, 0) is 0 Å². The van der Waals surface area contributed by atoms with Gasteiger partial charge in [0.25, 0.3) is 0 Å². The van der Waals surface area contributed by atoms with Gasteiger partial charge in [-0.25, -0.2) is 4.79 Å². The van der Waals surface area contributed by atoms with E-state index in [0.29, 0.717) is 6.42 Å². The Morgan fingerprint density at radius 3 is 2.42 bits per heavy atom. The molecular formula is C8H8O4. The predicted molar refractivity (Wildman–Crippen MR) is 40.3 cm³/mol. The van der Waals surface area contributed by atoms with Gasteiger partial charge in [0, 0.05) is 6.42 Å². The Morgan fingerprint density at radius 1 is 1.42 bits per heavy atom. The third-order valence-corrected chi connectivity index (χ3v) is 1.41. The average Bonchev–Trinajstić information content (AvgIpc) is 2.51. The van der Waals surface area contributed by atoms with Crippen molar-refractivity contribution in [2.45, 2.75) is 13.3 Å². The van der Waals surface area contributed by atoms with Crippen molar-refractivity contribution in [2.24, 2.45) is 0 Å². The molecule has 0 aliphatic heterocycles. The van der Waals surface area contributed by atoms with E-state index in [9.17, 15) is 9.59 Å². The van der Waals surface area contributed by atoms with E-state index in [-0.39, 0.29) is 17.3 Å². The lowest BCUT2D eigenvalue weighted by Gasteiger charge is -1.89. The number of hydrogen-bond donors (Lipinski definition) is 1. The van der Waals surface area contributed by atoms with Crippen molar-refractivity contribution in [3.05, 3.63) is 23.7 Å². The maximum absolute atomic E-state index is 11.0. The van der Waals surface area contributed by atoms with Crippen LogP contribution >= 0.6 is 0 Å². The number of ketones is 1. The fourth-order valence-electron chi connectivity index (χ4n) is 0.777. The molecule has 0 aliphatic carbocycles. The number of carboxylic acid groups (broad SMARTS) is 1. The normalized spacial score (nSPS) is 9.75. The van der Waals surface area contributed by atoms with Crippen molar-refractivity contribution in [1.29, 1.82) is 0 Å². The molecule has 1 rings (SSSR count). The maximum Gasteiger partial charge on any atom is 0.371 e. The molecule has 0 atom stereocenters. The Morgan fingerprint density at radius 2 is 2.00 bits per heavy atom. The monoisotopic (exact) mass is 168 g/mol. The van der Waals surface area contributed by atoms with Crippen molar-refractivity contribution < 1.29 is 19.1 Å². The highest BCUT2D eigenvalue weighted by molar-refractivity contribution is 5.94. The summed E-state index contributed by atoms with van der Waals surface area (Å²) >= 11 is 0. The minimum absolute atomic E-state index is 0.106. The largest absolute Gasteiger partial charge is 0.475 e. The van der Waals surface area contributed by atoms with Crippen molar-refractivity contribution in [1.82, 2.24) is 0 Å². The average molecular weight is 168 g/mol. The second kappa shape index (κ2) is 3.21. The van der Waals surface area contributed by atoms with E-state index < -0.39 is 5.97 Å². The molecule has 0 unspecified atom stereocenters. The summed E-state index contributed by atoms with van der Waals surface area (Å²) in [7, 11) is 0. The van der Waals surface area contributed by atoms with Crippen LogP contribution in [-0.4, -0.2) is 16.9 Å². The number of rotatable bonds is 3. The highest BCUT2D eigenvalue weighted by Crippen LogP contribution is 2.09. The third kappa shape index (κ3) is 1.53. The van der Waals surface area contributed by atoms with Crippen LogP contribution in [0, 0.1) is 0 Å². The summed E-state index contributed by atoms with van der Waals surface area (Å²) < 4.78 is 4.75. The van der Waals surface area contributed by atoms with Gasteiger partial charge in [0.1, 0.15) is 0 Å². The minimum atomic E-state index is -1.16. The molecule has 4 nitrogen and oxygen atoms in total. The number of carbonyl (C=O) groups excluding carboxylic acids is 1. The van der Waals surface area contributed by atoms with E-state index in [1.54, 1.807) is 6.92 Å². The molecule has 0 fully saturated rings. The molecule has 0 saturated heterocycles. The molecule has 0 spiro atoms. The smallest absolute Gasteiger partial charge is 0.371 e. The molecule has 1 heterocycles. The van der Waals surface area contributed by atoms with E-state index in [1.807, 2.05) is 0 Å². The minimum Gasteiger partial charge on any atom is -0.475 e. The van der Waals surface area contributed by atoms with Gasteiger partial charge >= 0.3 is 5.97 Å². The molecule has 1 N–H and O–H groups in total. The van der Waals surface area contributed by atoms with Gasteiger partial charge in [-0.1, -0.05) is 6.92 Å². The molecule has 0 aliphatic rings. The van der Waals surface area contributed by atoms with E-state index in [4.69, 9.17) is 9.52 Å². The van der Waals surface area contributed by atoms with Crippen molar-refractivity contribution >= 4 is 11.8 Å². The summed E-state index contributed by atoms with van der Waals surface area (Å²) in [6.07, 6.45) is 0.312. The zero-order valence-corrected chi connectivity index (χ0v) is 6.53. The lowest BCUT2D eigenvalue weighted by atomic mass is 10.2. The first-order valence-corrected chi connectivity index (χ1v) is 3.51. The molecule has 12 heavy (non-hydrogen) atoms. The van der Waals surface area contributed by atoms with E-state index in [2.05, 4.69) is 0 Å². The van der Waals surface area contributed by atoms with Gasteiger partial charge in [0.05, 0.1) is 0 Å². The molecule has 0 amide bonds. The Bertz CT molecular complexity index is 311. The van der Waals surface area contributed by atoms with Crippen LogP contribution in [0.3, 0.4) is 0 Å². The molecular weight excluding hydrogens is 160 g/mol. The fourth-order valence-corrected chi connectivity index (χ4v) is 0.777. The topological polar surface area (TPSA) is 67.5 Å². The van der Waals surface area contributed by atoms with Crippen LogP contribution in [0.1, 0.15) is 34.5 Å². The second-order valence-electron chi connectivity index (χ2n) is 2.25. The number of furan rings is 1. The van der Waals surface area contributed by atoms with Crippen molar-refractivity contribution in [2.75, 3.05) is 0 Å². The lowest BCUT2D eigenvalue weighted by Crippen LogP contribution is -1.95. The number of aromatic carboxylic acids is 1. The molecule has 0 saturated carbocycles. The number of carboxylic acids is 1. The van der Waals surface area contributed by atoms with Gasteiger partial charge in [0.2, 0.25) is 5.76 Å². The van der Waals surface area contributed by atoms with Gasteiger partial charge in [0.15, 0.2) is 11.5 Å². The Kier molecular flexibility index (Phi) is 2.28. The summed E-state index contributed by atoms with van der Waals surface area (Å²) in [4.78, 5) is 21.3. The SMILES string of the molecule is CCC(=O)c1ccc(C(=O)O)o1. The molecule has 64 valence electrons. The van der Waals surface area contributed by atoms with Gasteiger partial charge in [-0.15, -0.1) is 0 Å². The molecule has 1 aromatic rings. The summed E-state index contributed by atoms with van der Waals surface area (Å²) in [5.74, 6) is -1.45. The molecule has 0 radical (unpaired) electrons. The van der Waals surface area contributed by atoms with Gasteiger partial charge in [-0.3, -0.25) is 4.79 Å². The molecule has 1 aromatic heterocycles. The highest BCUT2D eigenvalue weighted by Gasteiger charge is 2.12. The first-order chi connectivity index (χ1) is 5.65. The zero-order valence-electron chi connectivity index (χ0n) is 6.53. The van der Waals surface area contributed by atoms with Crippen molar-refractivity contribution in [3.63, 3.8) is 0 Å². The van der Waals surface area contributed by atoms with Gasteiger partial charge < -0.3 is 9.52 Å². The van der Waals surface area contributed by atoms with Crippen LogP contribution in [0.2, 0.25) is 0 Å². The number of hydrogen-bond acceptors (Lipinski definition) is 3. The Hall–Kier alpha value is -1.58. The van der Waals surface area contributed by atoms with Crippen LogP contribution in [0.4, 0.5) is 0 Å². The number of carbonyl (C=O) groups is 2. The summed E-state index contributed by atoms with van der Waals surface area (Å²) in [6.45, 7) is 1.69. The predicted octanol–water partition coefficient (Wildman–Crippen LogP) is 1.57. The molecule has 0 aromatic carbocycles. The van der Waals surface area contributed by atoms with Gasteiger partial charge in [-0.2, -0.15) is 0 Å². The van der Waals surface area contributed by atoms with Crippen LogP contribution < -0.4 is 0 Å². The summed E-state index contributed by atoms with van der Waals surface area (Å²) in [5, 5.41) is 8.45. The fraction of sp³-hybridized carbons (Fsp3) is 0.250. The Labute approximate surface area is 68.8 Å². The van der Waals surface area contributed by atoms with E-state index in [0.717, 1.165) is 0 Å². The van der Waals surface area contributed by atoms with Gasteiger partial charge in [-0.05, 0) is 12.1 Å². The van der Waals surface area contributed by atoms with E-state index >= 15 is 0 Å². The molecule has 0 bridgehead atoms. The zero-order chi connectivity index (χ0) is 9.14. The Balaban J connectivity index is 2.91. The third-order valence-electron chi connectivity index (χ3n) is 1.41. The van der Waals surface area contributed by atoms with E-state index in [1.165, 1.54) is 12.1 Å². The lowest BCUT2D eigenvalue weighted by molar-refractivity contribution is 0.0660. The highest BCUT2D eigenvalue weighted by atomic mass is 16.4. The van der Waals surface area contributed by atoms with Crippen LogP contribution in [0.25, 0.3) is 0 Å². The standard InChI is InChI=1S/C8H8O4/c1-2-5(9)6-3-4-7(12-6)8(10)11/h3-4H,2H2,1H3,(H,10,11). The first-order valence-electron chi connectivity index (χ1n) is 3.51. The summed E-state index contributed by atoms with van der Waals surface area (Å²) in [6, 6.07) is 2.64.